The van der Waals surface area contributed by atoms with Gasteiger partial charge in [0.1, 0.15) is 12.3 Å². The van der Waals surface area contributed by atoms with Crippen LogP contribution in [-0.4, -0.2) is 49.5 Å². The standard InChI is InChI=1S/C19H22N2O5S/c1-3-25-16-6-4-15(5-7-16)19(24)20-10-18(23)26-12-17(22)21(2)11-14-8-9-27-13-14/h4-9,13H,3,10-12H2,1-2H3,(H,20,24). The van der Waals surface area contributed by atoms with Crippen molar-refractivity contribution in [1.29, 1.82) is 0 Å². The Bertz CT molecular complexity index is 759. The number of esters is 1. The summed E-state index contributed by atoms with van der Waals surface area (Å²) in [7, 11) is 1.64. The van der Waals surface area contributed by atoms with Crippen molar-refractivity contribution in [2.45, 2.75) is 13.5 Å². The summed E-state index contributed by atoms with van der Waals surface area (Å²) in [4.78, 5) is 37.2. The number of nitrogens with zero attached hydrogens (tertiary/aromatic N) is 1. The SMILES string of the molecule is CCOc1ccc(C(=O)NCC(=O)OCC(=O)N(C)Cc2ccsc2)cc1. The van der Waals surface area contributed by atoms with Gasteiger partial charge in [0.15, 0.2) is 6.61 Å². The van der Waals surface area contributed by atoms with E-state index in [2.05, 4.69) is 5.32 Å². The van der Waals surface area contributed by atoms with Crippen LogP contribution in [-0.2, 0) is 20.9 Å². The Balaban J connectivity index is 1.70. The third-order valence-electron chi connectivity index (χ3n) is 3.60. The number of thiophene rings is 1. The monoisotopic (exact) mass is 390 g/mol. The first-order valence-corrected chi connectivity index (χ1v) is 9.35. The molecule has 0 unspecified atom stereocenters. The van der Waals surface area contributed by atoms with Crippen molar-refractivity contribution in [2.75, 3.05) is 26.8 Å². The summed E-state index contributed by atoms with van der Waals surface area (Å²) in [5, 5.41) is 6.34. The highest BCUT2D eigenvalue weighted by atomic mass is 32.1. The van der Waals surface area contributed by atoms with Crippen LogP contribution in [0.15, 0.2) is 41.1 Å². The van der Waals surface area contributed by atoms with Gasteiger partial charge in [0.2, 0.25) is 0 Å². The van der Waals surface area contributed by atoms with Gasteiger partial charge >= 0.3 is 5.97 Å². The first-order chi connectivity index (χ1) is 13.0. The number of ether oxygens (including phenoxy) is 2. The number of benzene rings is 1. The van der Waals surface area contributed by atoms with Crippen LogP contribution >= 0.6 is 11.3 Å². The lowest BCUT2D eigenvalue weighted by Crippen LogP contribution is -2.34. The predicted molar refractivity (Wildman–Crippen MR) is 102 cm³/mol. The predicted octanol–water partition coefficient (Wildman–Crippen LogP) is 2.08. The van der Waals surface area contributed by atoms with Crippen molar-refractivity contribution in [3.05, 3.63) is 52.2 Å². The second kappa shape index (κ2) is 10.3. The molecule has 0 bridgehead atoms. The lowest BCUT2D eigenvalue weighted by molar-refractivity contribution is -0.150. The molecule has 2 aromatic rings. The summed E-state index contributed by atoms with van der Waals surface area (Å²) in [6, 6.07) is 8.50. The molecule has 1 aromatic carbocycles. The molecular weight excluding hydrogens is 368 g/mol. The van der Waals surface area contributed by atoms with Crippen LogP contribution in [0, 0.1) is 0 Å². The maximum Gasteiger partial charge on any atom is 0.325 e. The molecule has 0 radical (unpaired) electrons. The zero-order valence-corrected chi connectivity index (χ0v) is 16.1. The Morgan fingerprint density at radius 2 is 1.89 bits per heavy atom. The van der Waals surface area contributed by atoms with Crippen LogP contribution in [0.3, 0.4) is 0 Å². The minimum atomic E-state index is -0.674. The fourth-order valence-corrected chi connectivity index (χ4v) is 2.83. The van der Waals surface area contributed by atoms with E-state index >= 15 is 0 Å². The van der Waals surface area contributed by atoms with Crippen LogP contribution in [0.5, 0.6) is 5.75 Å². The number of nitrogens with one attached hydrogen (secondary N) is 1. The number of likely N-dealkylation sites (N-methyl/N-ethyl adjacent to an activating group) is 1. The molecule has 0 spiro atoms. The lowest BCUT2D eigenvalue weighted by atomic mass is 10.2. The fourth-order valence-electron chi connectivity index (χ4n) is 2.17. The van der Waals surface area contributed by atoms with Crippen molar-refractivity contribution in [2.24, 2.45) is 0 Å². The highest BCUT2D eigenvalue weighted by molar-refractivity contribution is 7.07. The van der Waals surface area contributed by atoms with Crippen LogP contribution in [0.4, 0.5) is 0 Å². The highest BCUT2D eigenvalue weighted by Crippen LogP contribution is 2.12. The summed E-state index contributed by atoms with van der Waals surface area (Å²) in [5.41, 5.74) is 1.42. The van der Waals surface area contributed by atoms with Crippen LogP contribution < -0.4 is 10.1 Å². The Labute approximate surface area is 161 Å². The van der Waals surface area contributed by atoms with Crippen LogP contribution in [0.2, 0.25) is 0 Å². The Morgan fingerprint density at radius 1 is 1.15 bits per heavy atom. The average Bonchev–Trinajstić information content (AvgIpc) is 3.18. The third-order valence-corrected chi connectivity index (χ3v) is 4.34. The molecule has 1 heterocycles. The number of hydrogen-bond acceptors (Lipinski definition) is 6. The van der Waals surface area contributed by atoms with Gasteiger partial charge in [-0.3, -0.25) is 14.4 Å². The summed E-state index contributed by atoms with van der Waals surface area (Å²) in [5.74, 6) is -0.728. The van der Waals surface area contributed by atoms with E-state index in [1.54, 1.807) is 42.6 Å². The zero-order valence-electron chi connectivity index (χ0n) is 15.3. The van der Waals surface area contributed by atoms with E-state index in [4.69, 9.17) is 9.47 Å². The molecule has 0 aliphatic heterocycles. The van der Waals surface area contributed by atoms with Gasteiger partial charge in [0.25, 0.3) is 11.8 Å². The quantitative estimate of drug-likeness (QED) is 0.663. The van der Waals surface area contributed by atoms with Crippen molar-refractivity contribution < 1.29 is 23.9 Å². The summed E-state index contributed by atoms with van der Waals surface area (Å²) < 4.78 is 10.2. The molecule has 0 saturated heterocycles. The zero-order chi connectivity index (χ0) is 19.6. The molecule has 0 fully saturated rings. The van der Waals surface area contributed by atoms with E-state index in [0.29, 0.717) is 24.5 Å². The van der Waals surface area contributed by atoms with E-state index in [0.717, 1.165) is 5.56 Å². The smallest absolute Gasteiger partial charge is 0.325 e. The van der Waals surface area contributed by atoms with Crippen molar-refractivity contribution in [1.82, 2.24) is 10.2 Å². The lowest BCUT2D eigenvalue weighted by Gasteiger charge is -2.16. The molecule has 1 N–H and O–H groups in total. The van der Waals surface area contributed by atoms with Gasteiger partial charge in [0, 0.05) is 19.2 Å². The molecule has 27 heavy (non-hydrogen) atoms. The molecule has 2 amide bonds. The normalized spacial score (nSPS) is 10.1. The maximum absolute atomic E-state index is 12.0. The summed E-state index contributed by atoms with van der Waals surface area (Å²) in [6.07, 6.45) is 0. The topological polar surface area (TPSA) is 84.9 Å². The Hall–Kier alpha value is -2.87. The molecule has 0 aliphatic carbocycles. The van der Waals surface area contributed by atoms with E-state index in [1.807, 2.05) is 23.8 Å². The van der Waals surface area contributed by atoms with Gasteiger partial charge in [-0.1, -0.05) is 0 Å². The molecular formula is C19H22N2O5S. The molecule has 0 saturated carbocycles. The van der Waals surface area contributed by atoms with Gasteiger partial charge < -0.3 is 19.7 Å². The maximum atomic E-state index is 12.0. The summed E-state index contributed by atoms with van der Waals surface area (Å²) >= 11 is 1.55. The Morgan fingerprint density at radius 3 is 2.52 bits per heavy atom. The van der Waals surface area contributed by atoms with E-state index < -0.39 is 11.9 Å². The second-order valence-electron chi connectivity index (χ2n) is 5.68. The average molecular weight is 390 g/mol. The van der Waals surface area contributed by atoms with Crippen molar-refractivity contribution in [3.8, 4) is 5.75 Å². The third kappa shape index (κ3) is 6.74. The second-order valence-corrected chi connectivity index (χ2v) is 6.46. The van der Waals surface area contributed by atoms with Gasteiger partial charge in [-0.2, -0.15) is 11.3 Å². The van der Waals surface area contributed by atoms with E-state index in [9.17, 15) is 14.4 Å². The molecule has 7 nitrogen and oxygen atoms in total. The Kier molecular flexibility index (Phi) is 7.81. The number of carbonyl (C=O) groups excluding carboxylic acids is 3. The minimum absolute atomic E-state index is 0.312. The number of carbonyl (C=O) groups is 3. The van der Waals surface area contributed by atoms with Gasteiger partial charge in [0.05, 0.1) is 6.61 Å². The molecule has 0 atom stereocenters. The van der Waals surface area contributed by atoms with Crippen molar-refractivity contribution >= 4 is 29.1 Å². The largest absolute Gasteiger partial charge is 0.494 e. The van der Waals surface area contributed by atoms with E-state index in [-0.39, 0.29) is 19.1 Å². The first-order valence-electron chi connectivity index (χ1n) is 8.41. The fraction of sp³-hybridized carbons (Fsp3) is 0.316. The summed E-state index contributed by atoms with van der Waals surface area (Å²) in [6.45, 7) is 2.19. The molecule has 144 valence electrons. The molecule has 1 aromatic heterocycles. The van der Waals surface area contributed by atoms with Crippen LogP contribution in [0.1, 0.15) is 22.8 Å². The van der Waals surface area contributed by atoms with Gasteiger partial charge in [-0.25, -0.2) is 0 Å². The first kappa shape index (κ1) is 20.4. The molecule has 8 heteroatoms. The molecule has 2 rings (SSSR count). The number of rotatable bonds is 9. The van der Waals surface area contributed by atoms with Gasteiger partial charge in [-0.15, -0.1) is 0 Å². The van der Waals surface area contributed by atoms with Crippen molar-refractivity contribution in [3.63, 3.8) is 0 Å². The highest BCUT2D eigenvalue weighted by Gasteiger charge is 2.14. The van der Waals surface area contributed by atoms with Gasteiger partial charge in [-0.05, 0) is 53.6 Å². The minimum Gasteiger partial charge on any atom is -0.494 e. The number of hydrogen-bond donors (Lipinski definition) is 1. The van der Waals surface area contributed by atoms with Crippen LogP contribution in [0.25, 0.3) is 0 Å². The number of amides is 2. The molecule has 0 aliphatic rings. The van der Waals surface area contributed by atoms with E-state index in [1.165, 1.54) is 4.90 Å².